The number of unbranched alkanes of at least 4 members (excludes halogenated alkanes) is 9. The highest BCUT2D eigenvalue weighted by Gasteiger charge is 2.26. The first-order chi connectivity index (χ1) is 17.5. The van der Waals surface area contributed by atoms with Gasteiger partial charge in [-0.15, -0.1) is 0 Å². The molecule has 0 saturated carbocycles. The van der Waals surface area contributed by atoms with E-state index in [2.05, 4.69) is 16.0 Å². The molecule has 0 amide bonds. The number of nitrogens with two attached hydrogens (primary N) is 1. The van der Waals surface area contributed by atoms with E-state index in [-0.39, 0.29) is 19.2 Å². The second kappa shape index (κ2) is 22.2. The molecule has 0 rings (SSSR count). The SMILES string of the molecule is [3H][C@H](CCCCCCCC)[C@H]([3H])CCCCCCCC(=O)OC[C@@H](O)COP(=O)(O)OC[C@H](N)C(=O)O. The number of carboxylic acids is 1. The number of rotatable bonds is 25. The summed E-state index contributed by atoms with van der Waals surface area (Å²) in [6, 6.07) is -1.50. The van der Waals surface area contributed by atoms with Crippen molar-refractivity contribution in [3.8, 4) is 0 Å². The molecule has 0 aromatic heterocycles. The van der Waals surface area contributed by atoms with Gasteiger partial charge in [-0.1, -0.05) is 96.8 Å². The van der Waals surface area contributed by atoms with E-state index in [4.69, 9.17) is 18.3 Å². The molecule has 0 aliphatic heterocycles. The molecule has 0 radical (unpaired) electrons. The number of phosphoric ester groups is 1. The fourth-order valence-corrected chi connectivity index (χ4v) is 3.90. The van der Waals surface area contributed by atoms with E-state index in [9.17, 15) is 24.2 Å². The molecule has 10 nitrogen and oxygen atoms in total. The predicted molar refractivity (Wildman–Crippen MR) is 134 cm³/mol. The van der Waals surface area contributed by atoms with Gasteiger partial charge in [-0.3, -0.25) is 18.6 Å². The van der Waals surface area contributed by atoms with E-state index < -0.39 is 51.7 Å². The van der Waals surface area contributed by atoms with Crippen molar-refractivity contribution >= 4 is 19.8 Å². The molecule has 208 valence electrons. The third-order valence-corrected chi connectivity index (χ3v) is 6.19. The number of aliphatic carboxylic acids is 1. The van der Waals surface area contributed by atoms with Crippen LogP contribution >= 0.6 is 7.82 Å². The van der Waals surface area contributed by atoms with Crippen molar-refractivity contribution < 1.29 is 45.8 Å². The summed E-state index contributed by atoms with van der Waals surface area (Å²) >= 11 is 0. The van der Waals surface area contributed by atoms with Crippen LogP contribution in [0.15, 0.2) is 0 Å². The normalized spacial score (nSPS) is 17.5. The Morgan fingerprint density at radius 3 is 1.89 bits per heavy atom. The zero-order chi connectivity index (χ0) is 28.1. The van der Waals surface area contributed by atoms with Crippen molar-refractivity contribution in [1.82, 2.24) is 0 Å². The lowest BCUT2D eigenvalue weighted by atomic mass is 10.0. The molecule has 0 aliphatic rings. The second-order valence-electron chi connectivity index (χ2n) is 8.68. The van der Waals surface area contributed by atoms with Crippen LogP contribution in [0.5, 0.6) is 0 Å². The Bertz CT molecular complexity index is 660. The fraction of sp³-hybridized carbons (Fsp3) is 0.917. The molecule has 35 heavy (non-hydrogen) atoms. The zero-order valence-corrected chi connectivity index (χ0v) is 22.0. The van der Waals surface area contributed by atoms with E-state index in [0.717, 1.165) is 51.4 Å². The third kappa shape index (κ3) is 23.1. The molecule has 0 saturated heterocycles. The number of carbonyl (C=O) groups is 2. The van der Waals surface area contributed by atoms with Crippen LogP contribution in [0.3, 0.4) is 0 Å². The Morgan fingerprint density at radius 1 is 0.857 bits per heavy atom. The van der Waals surface area contributed by atoms with Crippen LogP contribution in [-0.4, -0.2) is 59.0 Å². The zero-order valence-electron chi connectivity index (χ0n) is 23.1. The van der Waals surface area contributed by atoms with Gasteiger partial charge in [-0.25, -0.2) is 4.57 Å². The lowest BCUT2D eigenvalue weighted by Crippen LogP contribution is -2.34. The minimum Gasteiger partial charge on any atom is -0.480 e. The lowest BCUT2D eigenvalue weighted by Gasteiger charge is -2.16. The minimum absolute atomic E-state index is 0.177. The molecule has 0 aromatic carbocycles. The van der Waals surface area contributed by atoms with Crippen molar-refractivity contribution in [2.45, 2.75) is 122 Å². The van der Waals surface area contributed by atoms with Crippen LogP contribution in [0, 0.1) is 0 Å². The molecular weight excluding hydrogens is 477 g/mol. The third-order valence-electron chi connectivity index (χ3n) is 5.24. The topological polar surface area (TPSA) is 166 Å². The molecule has 11 heteroatoms. The van der Waals surface area contributed by atoms with Crippen molar-refractivity contribution in [2.24, 2.45) is 5.73 Å². The fourth-order valence-electron chi connectivity index (χ4n) is 3.11. The van der Waals surface area contributed by atoms with Crippen molar-refractivity contribution in [2.75, 3.05) is 19.8 Å². The number of aliphatic hydroxyl groups is 1. The number of phosphoric acid groups is 1. The van der Waals surface area contributed by atoms with Gasteiger partial charge in [0.1, 0.15) is 18.8 Å². The van der Waals surface area contributed by atoms with Crippen LogP contribution in [0.25, 0.3) is 0 Å². The number of hydrogen-bond donors (Lipinski definition) is 4. The molecule has 5 atom stereocenters. The summed E-state index contributed by atoms with van der Waals surface area (Å²) in [7, 11) is -4.61. The van der Waals surface area contributed by atoms with Crippen LogP contribution in [0.1, 0.15) is 112 Å². The Kier molecular flexibility index (Phi) is 19.1. The van der Waals surface area contributed by atoms with Crippen LogP contribution in [0.4, 0.5) is 0 Å². The standard InChI is InChI=1S/C24H48NO9P/c1-2-3-4-5-6-7-8-9-10-11-12-13-14-15-16-17-23(27)32-18-21(26)19-33-35(30,31)34-20-22(25)24(28)29/h21-22,26H,2-20,25H2,1H3,(H,28,29)(H,30,31)/t21-,22+/m1/s1/i9T,10T/t9-,10+,21-,22+. The number of carbonyl (C=O) groups excluding carboxylic acids is 1. The van der Waals surface area contributed by atoms with Crippen LogP contribution in [0.2, 0.25) is 0 Å². The summed E-state index contributed by atoms with van der Waals surface area (Å²) < 4.78 is 41.8. The molecular formula is C24H48NO9P. The number of aliphatic hydroxyl groups excluding tert-OH is 1. The van der Waals surface area contributed by atoms with Crippen molar-refractivity contribution in [3.63, 3.8) is 0 Å². The van der Waals surface area contributed by atoms with E-state index in [0.29, 0.717) is 6.42 Å². The average Bonchev–Trinajstić information content (AvgIpc) is 2.85. The first kappa shape index (κ1) is 30.2. The molecule has 0 bridgehead atoms. The van der Waals surface area contributed by atoms with Crippen LogP contribution in [-0.2, 0) is 27.9 Å². The van der Waals surface area contributed by atoms with Crippen molar-refractivity contribution in [3.05, 3.63) is 0 Å². The second-order valence-corrected chi connectivity index (χ2v) is 10.1. The first-order valence-electron chi connectivity index (χ1n) is 13.9. The van der Waals surface area contributed by atoms with Gasteiger partial charge in [0.15, 0.2) is 0 Å². The Labute approximate surface area is 213 Å². The predicted octanol–water partition coefficient (Wildman–Crippen LogP) is 4.70. The maximum Gasteiger partial charge on any atom is 0.472 e. The number of ether oxygens (including phenoxy) is 1. The molecule has 0 aliphatic carbocycles. The van der Waals surface area contributed by atoms with Gasteiger partial charge < -0.3 is 25.6 Å². The van der Waals surface area contributed by atoms with Gasteiger partial charge in [0.2, 0.25) is 0 Å². The highest BCUT2D eigenvalue weighted by molar-refractivity contribution is 7.47. The Morgan fingerprint density at radius 2 is 1.34 bits per heavy atom. The summed E-state index contributed by atoms with van der Waals surface area (Å²) in [6.07, 6.45) is 11.1. The van der Waals surface area contributed by atoms with Crippen molar-refractivity contribution in [1.29, 1.82) is 0 Å². The summed E-state index contributed by atoms with van der Waals surface area (Å²) in [5, 5.41) is 18.3. The van der Waals surface area contributed by atoms with Gasteiger partial charge in [-0.05, 0) is 6.42 Å². The monoisotopic (exact) mass is 529 g/mol. The van der Waals surface area contributed by atoms with E-state index in [1.54, 1.807) is 0 Å². The molecule has 0 spiro atoms. The largest absolute Gasteiger partial charge is 0.480 e. The highest BCUT2D eigenvalue weighted by Crippen LogP contribution is 2.43. The average molecular weight is 530 g/mol. The van der Waals surface area contributed by atoms with E-state index in [1.807, 2.05) is 0 Å². The van der Waals surface area contributed by atoms with E-state index >= 15 is 0 Å². The number of carboxylic acid groups (broad SMARTS) is 1. The summed E-state index contributed by atoms with van der Waals surface area (Å²) in [5.41, 5.74) is 5.15. The first-order valence-corrected chi connectivity index (χ1v) is 14.3. The smallest absolute Gasteiger partial charge is 0.472 e. The maximum absolute atomic E-state index is 11.8. The molecule has 0 aromatic rings. The number of esters is 1. The number of hydrogen-bond acceptors (Lipinski definition) is 8. The van der Waals surface area contributed by atoms with Gasteiger partial charge in [0.25, 0.3) is 0 Å². The van der Waals surface area contributed by atoms with Gasteiger partial charge >= 0.3 is 19.8 Å². The minimum atomic E-state index is -4.61. The van der Waals surface area contributed by atoms with Crippen LogP contribution < -0.4 is 5.73 Å². The molecule has 1 unspecified atom stereocenters. The Hall–Kier alpha value is -1.03. The maximum atomic E-state index is 11.8. The Balaban J connectivity index is 3.74. The molecule has 0 heterocycles. The highest BCUT2D eigenvalue weighted by atomic mass is 31.2. The van der Waals surface area contributed by atoms with E-state index in [1.165, 1.54) is 25.7 Å². The summed E-state index contributed by atoms with van der Waals surface area (Å²) in [6.45, 7) is 0.365. The van der Waals surface area contributed by atoms with Gasteiger partial charge in [0, 0.05) is 9.16 Å². The quantitative estimate of drug-likeness (QED) is 0.0740. The lowest BCUT2D eigenvalue weighted by molar-refractivity contribution is -0.147. The molecule has 0 fully saturated rings. The summed E-state index contributed by atoms with van der Waals surface area (Å²) in [5.74, 6) is -1.92. The summed E-state index contributed by atoms with van der Waals surface area (Å²) in [4.78, 5) is 31.8. The van der Waals surface area contributed by atoms with Gasteiger partial charge in [0.05, 0.1) is 13.2 Å². The van der Waals surface area contributed by atoms with Gasteiger partial charge in [-0.2, -0.15) is 0 Å². The molecule has 5 N–H and O–H groups in total.